The van der Waals surface area contributed by atoms with Crippen molar-refractivity contribution in [3.63, 3.8) is 0 Å². The van der Waals surface area contributed by atoms with Crippen molar-refractivity contribution in [2.45, 2.75) is 64.2 Å². The van der Waals surface area contributed by atoms with E-state index in [2.05, 4.69) is 11.7 Å². The van der Waals surface area contributed by atoms with E-state index in [0.717, 1.165) is 11.8 Å². The van der Waals surface area contributed by atoms with Gasteiger partial charge in [0.1, 0.15) is 0 Å². The van der Waals surface area contributed by atoms with E-state index in [1.165, 1.54) is 64.2 Å². The zero-order valence-corrected chi connectivity index (χ0v) is 13.3. The van der Waals surface area contributed by atoms with Crippen LogP contribution in [0.3, 0.4) is 0 Å². The van der Waals surface area contributed by atoms with Crippen LogP contribution in [0, 0.1) is 11.8 Å². The Morgan fingerprint density at radius 1 is 0.842 bits per heavy atom. The Bertz CT molecular complexity index is 300. The van der Waals surface area contributed by atoms with E-state index in [1.807, 2.05) is 6.26 Å². The van der Waals surface area contributed by atoms with Crippen molar-refractivity contribution in [2.24, 2.45) is 11.8 Å². The molecule has 0 radical (unpaired) electrons. The molecular weight excluding hydrogens is 252 g/mol. The van der Waals surface area contributed by atoms with Gasteiger partial charge in [-0.2, -0.15) is 0 Å². The molecule has 0 aromatic carbocycles. The fraction of sp³-hybridized carbons (Fsp3) is 0.812. The van der Waals surface area contributed by atoms with Crippen LogP contribution in [0.4, 0.5) is 0 Å². The van der Waals surface area contributed by atoms with E-state index >= 15 is 0 Å². The summed E-state index contributed by atoms with van der Waals surface area (Å²) >= 11 is 0. The Balaban J connectivity index is 1.77. The highest BCUT2D eigenvalue weighted by Gasteiger charge is 2.14. The Morgan fingerprint density at radius 3 is 2.00 bits per heavy atom. The standard InChI is InChI=1S/C16H28O2Si/c1-17-19(14-16-10-6-3-7-11-16)18-13-12-15-8-4-2-5-9-15/h12-16H,2-11H2,1H3. The third kappa shape index (κ3) is 5.51. The minimum absolute atomic E-state index is 0.727. The SMILES string of the molecule is CO[Si](=CC1CCCCC1)OC=CC1CCCCC1. The van der Waals surface area contributed by atoms with Gasteiger partial charge in [-0.25, -0.2) is 0 Å². The fourth-order valence-electron chi connectivity index (χ4n) is 3.19. The highest BCUT2D eigenvalue weighted by molar-refractivity contribution is 6.54. The quantitative estimate of drug-likeness (QED) is 0.555. The van der Waals surface area contributed by atoms with Gasteiger partial charge in [0.25, 0.3) is 0 Å². The summed E-state index contributed by atoms with van der Waals surface area (Å²) in [6.45, 7) is 0. The molecule has 0 bridgehead atoms. The van der Waals surface area contributed by atoms with Crippen molar-refractivity contribution >= 4 is 14.6 Å². The first kappa shape index (κ1) is 14.8. The predicted molar refractivity (Wildman–Crippen MR) is 82.2 cm³/mol. The third-order valence-electron chi connectivity index (χ3n) is 4.41. The molecule has 2 fully saturated rings. The van der Waals surface area contributed by atoms with E-state index in [4.69, 9.17) is 8.85 Å². The van der Waals surface area contributed by atoms with E-state index in [-0.39, 0.29) is 0 Å². The topological polar surface area (TPSA) is 18.5 Å². The zero-order chi connectivity index (χ0) is 13.3. The molecule has 0 N–H and O–H groups in total. The molecule has 0 spiro atoms. The van der Waals surface area contributed by atoms with Crippen LogP contribution in [0.25, 0.3) is 0 Å². The maximum atomic E-state index is 5.84. The van der Waals surface area contributed by atoms with Crippen molar-refractivity contribution in [2.75, 3.05) is 7.11 Å². The molecule has 0 aromatic heterocycles. The van der Waals surface area contributed by atoms with Crippen molar-refractivity contribution in [3.05, 3.63) is 12.3 Å². The first-order chi connectivity index (χ1) is 9.38. The van der Waals surface area contributed by atoms with Crippen molar-refractivity contribution in [3.8, 4) is 0 Å². The molecule has 0 aromatic rings. The Hall–Kier alpha value is -0.573. The Morgan fingerprint density at radius 2 is 1.42 bits per heavy atom. The van der Waals surface area contributed by atoms with E-state index in [0.29, 0.717) is 0 Å². The largest absolute Gasteiger partial charge is 0.526 e. The van der Waals surface area contributed by atoms with Crippen LogP contribution >= 0.6 is 0 Å². The summed E-state index contributed by atoms with van der Waals surface area (Å²) in [5.41, 5.74) is 2.36. The van der Waals surface area contributed by atoms with Gasteiger partial charge in [-0.1, -0.05) is 38.5 Å². The highest BCUT2D eigenvalue weighted by atomic mass is 28.3. The summed E-state index contributed by atoms with van der Waals surface area (Å²) in [5.74, 6) is 1.47. The van der Waals surface area contributed by atoms with E-state index in [1.54, 1.807) is 7.11 Å². The number of rotatable bonds is 5. The molecule has 0 aliphatic heterocycles. The van der Waals surface area contributed by atoms with Gasteiger partial charge in [0.2, 0.25) is 0 Å². The van der Waals surface area contributed by atoms with Crippen LogP contribution in [-0.2, 0) is 8.85 Å². The van der Waals surface area contributed by atoms with Gasteiger partial charge in [0.15, 0.2) is 0 Å². The lowest BCUT2D eigenvalue weighted by Crippen LogP contribution is -2.19. The Kier molecular flexibility index (Phi) is 6.69. The van der Waals surface area contributed by atoms with Gasteiger partial charge >= 0.3 is 8.90 Å². The van der Waals surface area contributed by atoms with Gasteiger partial charge < -0.3 is 8.85 Å². The molecule has 2 saturated carbocycles. The summed E-state index contributed by atoms with van der Waals surface area (Å²) < 4.78 is 11.4. The van der Waals surface area contributed by atoms with Crippen molar-refractivity contribution in [1.82, 2.24) is 0 Å². The molecule has 0 amide bonds. The lowest BCUT2D eigenvalue weighted by molar-refractivity contribution is 0.325. The molecule has 0 atom stereocenters. The maximum absolute atomic E-state index is 5.84. The van der Waals surface area contributed by atoms with Crippen LogP contribution in [0.5, 0.6) is 0 Å². The summed E-state index contributed by atoms with van der Waals surface area (Å²) in [5, 5.41) is 0. The first-order valence-corrected chi connectivity index (χ1v) is 9.37. The second kappa shape index (κ2) is 8.57. The molecular formula is C16H28O2Si. The van der Waals surface area contributed by atoms with Crippen molar-refractivity contribution in [1.29, 1.82) is 0 Å². The van der Waals surface area contributed by atoms with Crippen LogP contribution in [0.2, 0.25) is 0 Å². The summed E-state index contributed by atoms with van der Waals surface area (Å²) in [6.07, 6.45) is 17.8. The molecule has 0 unspecified atom stereocenters. The van der Waals surface area contributed by atoms with E-state index in [9.17, 15) is 0 Å². The minimum Gasteiger partial charge on any atom is -0.526 e. The van der Waals surface area contributed by atoms with Crippen LogP contribution in [-0.4, -0.2) is 21.7 Å². The van der Waals surface area contributed by atoms with Crippen LogP contribution < -0.4 is 0 Å². The van der Waals surface area contributed by atoms with Crippen molar-refractivity contribution < 1.29 is 8.85 Å². The van der Waals surface area contributed by atoms with Gasteiger partial charge in [-0.15, -0.1) is 0 Å². The smallest absolute Gasteiger partial charge is 0.480 e. The molecule has 2 nitrogen and oxygen atoms in total. The molecule has 2 aliphatic carbocycles. The first-order valence-electron chi connectivity index (χ1n) is 7.97. The monoisotopic (exact) mass is 280 g/mol. The number of hydrogen-bond acceptors (Lipinski definition) is 2. The van der Waals surface area contributed by atoms with Crippen LogP contribution in [0.15, 0.2) is 12.3 Å². The van der Waals surface area contributed by atoms with E-state index < -0.39 is 8.90 Å². The minimum atomic E-state index is -1.19. The molecule has 0 heterocycles. The Labute approximate surface area is 119 Å². The molecule has 0 saturated heterocycles. The molecule has 2 aliphatic rings. The molecule has 2 rings (SSSR count). The highest BCUT2D eigenvalue weighted by Crippen LogP contribution is 2.24. The number of hydrogen-bond donors (Lipinski definition) is 0. The maximum Gasteiger partial charge on any atom is 0.480 e. The average Bonchev–Trinajstić information content (AvgIpc) is 2.48. The lowest BCUT2D eigenvalue weighted by atomic mass is 9.89. The normalized spacial score (nSPS) is 23.7. The average molecular weight is 280 g/mol. The molecule has 3 heteroatoms. The van der Waals surface area contributed by atoms with Gasteiger partial charge in [0.05, 0.1) is 13.4 Å². The second-order valence-corrected chi connectivity index (χ2v) is 7.55. The fourth-order valence-corrected chi connectivity index (χ4v) is 4.43. The van der Waals surface area contributed by atoms with Gasteiger partial charge in [0, 0.05) is 0 Å². The second-order valence-electron chi connectivity index (χ2n) is 5.93. The number of allylic oxidation sites excluding steroid dienone is 1. The summed E-state index contributed by atoms with van der Waals surface area (Å²) in [7, 11) is 0.585. The zero-order valence-electron chi connectivity index (χ0n) is 12.3. The summed E-state index contributed by atoms with van der Waals surface area (Å²) in [6, 6.07) is 0. The molecule has 108 valence electrons. The third-order valence-corrected chi connectivity index (χ3v) is 5.92. The van der Waals surface area contributed by atoms with Gasteiger partial charge in [-0.05, 0) is 49.3 Å². The van der Waals surface area contributed by atoms with Crippen LogP contribution in [0.1, 0.15) is 64.2 Å². The lowest BCUT2D eigenvalue weighted by Gasteiger charge is -2.19. The molecule has 19 heavy (non-hydrogen) atoms. The summed E-state index contributed by atoms with van der Waals surface area (Å²) in [4.78, 5) is 0. The predicted octanol–water partition coefficient (Wildman–Crippen LogP) is 4.20. The van der Waals surface area contributed by atoms with Gasteiger partial charge in [-0.3, -0.25) is 0 Å².